The summed E-state index contributed by atoms with van der Waals surface area (Å²) in [5, 5.41) is 7.17. The second-order valence-corrected chi connectivity index (χ2v) is 8.20. The van der Waals surface area contributed by atoms with Gasteiger partial charge in [-0.2, -0.15) is 0 Å². The smallest absolute Gasteiger partial charge is 0.240 e. The largest absolute Gasteiger partial charge is 0.358 e. The lowest BCUT2D eigenvalue weighted by Gasteiger charge is -2.44. The molecule has 1 fully saturated rings. The first-order valence-corrected chi connectivity index (χ1v) is 9.74. The monoisotopic (exact) mass is 381 g/mol. The van der Waals surface area contributed by atoms with Gasteiger partial charge in [0.2, 0.25) is 5.91 Å². The average Bonchev–Trinajstić information content (AvgIpc) is 2.63. The van der Waals surface area contributed by atoms with E-state index in [0.717, 1.165) is 17.5 Å². The van der Waals surface area contributed by atoms with Crippen LogP contribution in [0.2, 0.25) is 0 Å². The van der Waals surface area contributed by atoms with Gasteiger partial charge in [0.1, 0.15) is 0 Å². The number of amides is 1. The maximum atomic E-state index is 12.9. The SMILES string of the molecule is C[C@@H]1CC(C)(C)NC(=S)N1CC(=O)NC(c1ccccc1)c1ccccc1. The lowest BCUT2D eigenvalue weighted by atomic mass is 9.93. The summed E-state index contributed by atoms with van der Waals surface area (Å²) in [7, 11) is 0. The van der Waals surface area contributed by atoms with Crippen LogP contribution < -0.4 is 10.6 Å². The van der Waals surface area contributed by atoms with Crippen LogP contribution in [0.5, 0.6) is 0 Å². The van der Waals surface area contributed by atoms with Crippen molar-refractivity contribution in [2.45, 2.75) is 44.8 Å². The topological polar surface area (TPSA) is 44.4 Å². The van der Waals surface area contributed by atoms with Gasteiger partial charge < -0.3 is 15.5 Å². The standard InChI is InChI=1S/C22H27N3OS/c1-16-14-22(2,3)24-21(27)25(16)15-19(26)23-20(17-10-6-4-7-11-17)18-12-8-5-9-13-18/h4-13,16,20H,14-15H2,1-3H3,(H,23,26)(H,24,27)/t16-/m1/s1. The summed E-state index contributed by atoms with van der Waals surface area (Å²) in [5.74, 6) is -0.0385. The Morgan fingerprint density at radius 2 is 1.67 bits per heavy atom. The molecule has 27 heavy (non-hydrogen) atoms. The van der Waals surface area contributed by atoms with E-state index in [-0.39, 0.29) is 30.1 Å². The van der Waals surface area contributed by atoms with E-state index < -0.39 is 0 Å². The molecule has 142 valence electrons. The number of thiocarbonyl (C=S) groups is 1. The second-order valence-electron chi connectivity index (χ2n) is 7.82. The van der Waals surface area contributed by atoms with Crippen molar-refractivity contribution in [2.75, 3.05) is 6.54 Å². The van der Waals surface area contributed by atoms with Crippen molar-refractivity contribution >= 4 is 23.2 Å². The van der Waals surface area contributed by atoms with E-state index in [1.165, 1.54) is 0 Å². The molecule has 1 aliphatic rings. The molecule has 5 heteroatoms. The fourth-order valence-corrected chi connectivity index (χ4v) is 4.22. The Labute approximate surface area is 167 Å². The highest BCUT2D eigenvalue weighted by atomic mass is 32.1. The summed E-state index contributed by atoms with van der Waals surface area (Å²) in [5.41, 5.74) is 2.08. The molecule has 1 amide bonds. The normalized spacial score (nSPS) is 18.9. The maximum absolute atomic E-state index is 12.9. The third-order valence-electron chi connectivity index (χ3n) is 4.93. The molecule has 1 atom stereocenters. The van der Waals surface area contributed by atoms with Gasteiger partial charge in [-0.1, -0.05) is 60.7 Å². The van der Waals surface area contributed by atoms with Gasteiger partial charge in [0, 0.05) is 11.6 Å². The fourth-order valence-electron chi connectivity index (χ4n) is 3.70. The van der Waals surface area contributed by atoms with Crippen LogP contribution in [0.3, 0.4) is 0 Å². The number of carbonyl (C=O) groups excluding carboxylic acids is 1. The Kier molecular flexibility index (Phi) is 5.80. The van der Waals surface area contributed by atoms with Crippen molar-refractivity contribution in [1.82, 2.24) is 15.5 Å². The third-order valence-corrected chi connectivity index (χ3v) is 5.27. The predicted octanol–water partition coefficient (Wildman–Crippen LogP) is 3.64. The Balaban J connectivity index is 1.75. The van der Waals surface area contributed by atoms with Crippen LogP contribution in [0.25, 0.3) is 0 Å². The zero-order valence-electron chi connectivity index (χ0n) is 16.1. The molecule has 1 heterocycles. The number of rotatable bonds is 5. The molecule has 0 radical (unpaired) electrons. The minimum atomic E-state index is -0.182. The molecule has 2 aromatic carbocycles. The van der Waals surface area contributed by atoms with Crippen LogP contribution in [-0.2, 0) is 4.79 Å². The van der Waals surface area contributed by atoms with Crippen molar-refractivity contribution in [3.8, 4) is 0 Å². The Bertz CT molecular complexity index is 752. The number of hydrogen-bond acceptors (Lipinski definition) is 2. The summed E-state index contributed by atoms with van der Waals surface area (Å²) in [6.45, 7) is 6.63. The van der Waals surface area contributed by atoms with Gasteiger partial charge in [-0.05, 0) is 50.5 Å². The second kappa shape index (κ2) is 8.09. The first-order chi connectivity index (χ1) is 12.9. The van der Waals surface area contributed by atoms with Gasteiger partial charge in [0.05, 0.1) is 12.6 Å². The maximum Gasteiger partial charge on any atom is 0.240 e. The van der Waals surface area contributed by atoms with Crippen LogP contribution in [0.1, 0.15) is 44.4 Å². The minimum Gasteiger partial charge on any atom is -0.358 e. The Morgan fingerprint density at radius 1 is 1.15 bits per heavy atom. The zero-order chi connectivity index (χ0) is 19.4. The van der Waals surface area contributed by atoms with E-state index in [0.29, 0.717) is 5.11 Å². The number of carbonyl (C=O) groups is 1. The molecule has 1 saturated heterocycles. The number of benzene rings is 2. The summed E-state index contributed by atoms with van der Waals surface area (Å²) in [6, 6.07) is 20.1. The molecule has 1 aliphatic heterocycles. The van der Waals surface area contributed by atoms with E-state index in [2.05, 4.69) is 31.4 Å². The fraction of sp³-hybridized carbons (Fsp3) is 0.364. The van der Waals surface area contributed by atoms with Crippen LogP contribution >= 0.6 is 12.2 Å². The van der Waals surface area contributed by atoms with Gasteiger partial charge in [-0.15, -0.1) is 0 Å². The summed E-state index contributed by atoms with van der Waals surface area (Å²) in [4.78, 5) is 14.9. The summed E-state index contributed by atoms with van der Waals surface area (Å²) >= 11 is 5.51. The molecular formula is C22H27N3OS. The first-order valence-electron chi connectivity index (χ1n) is 9.34. The van der Waals surface area contributed by atoms with Crippen molar-refractivity contribution in [3.05, 3.63) is 71.8 Å². The molecule has 0 unspecified atom stereocenters. The van der Waals surface area contributed by atoms with E-state index in [1.807, 2.05) is 65.6 Å². The molecule has 0 aliphatic carbocycles. The lowest BCUT2D eigenvalue weighted by Crippen LogP contribution is -2.61. The van der Waals surface area contributed by atoms with Crippen molar-refractivity contribution in [3.63, 3.8) is 0 Å². The van der Waals surface area contributed by atoms with Gasteiger partial charge in [-0.3, -0.25) is 4.79 Å². The van der Waals surface area contributed by atoms with E-state index in [9.17, 15) is 4.79 Å². The van der Waals surface area contributed by atoms with Crippen LogP contribution in [0.15, 0.2) is 60.7 Å². The third kappa shape index (κ3) is 4.86. The lowest BCUT2D eigenvalue weighted by molar-refractivity contribution is -0.122. The van der Waals surface area contributed by atoms with Gasteiger partial charge in [0.25, 0.3) is 0 Å². The molecule has 3 rings (SSSR count). The first kappa shape index (κ1) is 19.4. The molecule has 0 aromatic heterocycles. The molecule has 2 N–H and O–H groups in total. The number of hydrogen-bond donors (Lipinski definition) is 2. The molecule has 4 nitrogen and oxygen atoms in total. The van der Waals surface area contributed by atoms with Gasteiger partial charge >= 0.3 is 0 Å². The molecular weight excluding hydrogens is 354 g/mol. The Morgan fingerprint density at radius 3 is 2.15 bits per heavy atom. The van der Waals surface area contributed by atoms with Crippen molar-refractivity contribution in [2.24, 2.45) is 0 Å². The number of nitrogens with zero attached hydrogens (tertiary/aromatic N) is 1. The van der Waals surface area contributed by atoms with Crippen LogP contribution in [0.4, 0.5) is 0 Å². The van der Waals surface area contributed by atoms with Crippen molar-refractivity contribution < 1.29 is 4.79 Å². The highest BCUT2D eigenvalue weighted by Gasteiger charge is 2.34. The number of nitrogens with one attached hydrogen (secondary N) is 2. The van der Waals surface area contributed by atoms with E-state index >= 15 is 0 Å². The Hall–Kier alpha value is -2.40. The zero-order valence-corrected chi connectivity index (χ0v) is 16.9. The average molecular weight is 382 g/mol. The predicted molar refractivity (Wildman–Crippen MR) is 113 cm³/mol. The highest BCUT2D eigenvalue weighted by Crippen LogP contribution is 2.24. The highest BCUT2D eigenvalue weighted by molar-refractivity contribution is 7.80. The minimum absolute atomic E-state index is 0.0385. The molecule has 0 saturated carbocycles. The van der Waals surface area contributed by atoms with Gasteiger partial charge in [0.15, 0.2) is 5.11 Å². The van der Waals surface area contributed by atoms with E-state index in [4.69, 9.17) is 12.2 Å². The molecule has 2 aromatic rings. The van der Waals surface area contributed by atoms with Crippen molar-refractivity contribution in [1.29, 1.82) is 0 Å². The molecule has 0 spiro atoms. The van der Waals surface area contributed by atoms with Crippen LogP contribution in [0, 0.1) is 0 Å². The summed E-state index contributed by atoms with van der Waals surface area (Å²) < 4.78 is 0. The van der Waals surface area contributed by atoms with Crippen LogP contribution in [-0.4, -0.2) is 34.0 Å². The van der Waals surface area contributed by atoms with E-state index in [1.54, 1.807) is 0 Å². The summed E-state index contributed by atoms with van der Waals surface area (Å²) in [6.07, 6.45) is 0.932. The quantitative estimate of drug-likeness (QED) is 0.776. The molecule has 0 bridgehead atoms. The van der Waals surface area contributed by atoms with Gasteiger partial charge in [-0.25, -0.2) is 0 Å².